The molecule has 1 aliphatic heterocycles. The van der Waals surface area contributed by atoms with E-state index in [-0.39, 0.29) is 12.5 Å². The molecule has 0 saturated carbocycles. The fourth-order valence-electron chi connectivity index (χ4n) is 7.62. The molecule has 1 heterocycles. The van der Waals surface area contributed by atoms with E-state index in [1.165, 1.54) is 12.8 Å². The van der Waals surface area contributed by atoms with Crippen LogP contribution in [0, 0.1) is 0 Å². The van der Waals surface area contributed by atoms with Gasteiger partial charge in [-0.1, -0.05) is 222 Å². The number of allylic oxidation sites excluding steroid dienone is 29. The lowest BCUT2D eigenvalue weighted by Gasteiger charge is -2.40. The fourth-order valence-corrected chi connectivity index (χ4v) is 7.62. The smallest absolute Gasteiger partial charge is 0.220 e. The van der Waals surface area contributed by atoms with Crippen LogP contribution in [-0.4, -0.2) is 87.5 Å². The second-order valence-electron chi connectivity index (χ2n) is 19.0. The summed E-state index contributed by atoms with van der Waals surface area (Å²) in [7, 11) is 0. The molecule has 0 spiro atoms. The maximum Gasteiger partial charge on any atom is 0.220 e. The van der Waals surface area contributed by atoms with Crippen molar-refractivity contribution in [2.24, 2.45) is 0 Å². The third kappa shape index (κ3) is 42.4. The van der Waals surface area contributed by atoms with Crippen molar-refractivity contribution >= 4 is 5.91 Å². The molecule has 9 nitrogen and oxygen atoms in total. The summed E-state index contributed by atoms with van der Waals surface area (Å²) in [5.41, 5.74) is 0. The first kappa shape index (κ1) is 69.3. The summed E-state index contributed by atoms with van der Waals surface area (Å²) >= 11 is 0. The maximum absolute atomic E-state index is 13.0. The number of unbranched alkanes of at least 4 members (excludes halogenated alkanes) is 8. The van der Waals surface area contributed by atoms with Crippen LogP contribution in [0.4, 0.5) is 0 Å². The number of hydrogen-bond acceptors (Lipinski definition) is 8. The summed E-state index contributed by atoms with van der Waals surface area (Å²) in [5.74, 6) is -0.226. The van der Waals surface area contributed by atoms with Gasteiger partial charge in [0.25, 0.3) is 0 Å². The fraction of sp³-hybridized carbons (Fsp3) is 0.537. The number of rotatable bonds is 46. The molecular weight excluding hydrogens is 947 g/mol. The van der Waals surface area contributed by atoms with Crippen LogP contribution in [0.1, 0.15) is 174 Å². The zero-order valence-electron chi connectivity index (χ0n) is 46.9. The normalized spacial score (nSPS) is 20.2. The van der Waals surface area contributed by atoms with E-state index in [9.17, 15) is 30.3 Å². The molecule has 0 aromatic rings. The Balaban J connectivity index is 2.20. The molecule has 0 radical (unpaired) electrons. The minimum atomic E-state index is -1.59. The van der Waals surface area contributed by atoms with Gasteiger partial charge >= 0.3 is 0 Å². The maximum atomic E-state index is 13.0. The molecule has 1 rings (SSSR count). The number of carbonyl (C=O) groups excluding carboxylic acids is 1. The topological polar surface area (TPSA) is 149 Å². The molecule has 1 fully saturated rings. The minimum absolute atomic E-state index is 0.226. The van der Waals surface area contributed by atoms with E-state index in [2.05, 4.69) is 189 Å². The minimum Gasteiger partial charge on any atom is -0.394 e. The molecule has 0 bridgehead atoms. The Morgan fingerprint density at radius 2 is 0.829 bits per heavy atom. The lowest BCUT2D eigenvalue weighted by molar-refractivity contribution is -0.302. The molecule has 1 aliphatic rings. The average molecular weight is 1050 g/mol. The lowest BCUT2D eigenvalue weighted by atomic mass is 9.99. The Hall–Kier alpha value is -4.71. The molecule has 7 atom stereocenters. The van der Waals surface area contributed by atoms with E-state index in [0.29, 0.717) is 19.3 Å². The Morgan fingerprint density at radius 3 is 1.25 bits per heavy atom. The van der Waals surface area contributed by atoms with E-state index in [0.717, 1.165) is 128 Å². The average Bonchev–Trinajstić information content (AvgIpc) is 3.42. The molecule has 0 aromatic heterocycles. The van der Waals surface area contributed by atoms with Gasteiger partial charge in [0.05, 0.1) is 25.4 Å². The predicted octanol–water partition coefficient (Wildman–Crippen LogP) is 14.8. The van der Waals surface area contributed by atoms with Gasteiger partial charge in [-0.05, 0) is 128 Å². The highest BCUT2D eigenvalue weighted by Crippen LogP contribution is 2.22. The highest BCUT2D eigenvalue weighted by Gasteiger charge is 2.44. The number of aliphatic hydroxyl groups excluding tert-OH is 5. The van der Waals surface area contributed by atoms with Crippen LogP contribution in [0.2, 0.25) is 0 Å². The Bertz CT molecular complexity index is 1840. The van der Waals surface area contributed by atoms with Gasteiger partial charge in [-0.25, -0.2) is 0 Å². The first-order chi connectivity index (χ1) is 37.3. The second kappa shape index (κ2) is 53.7. The number of carbonyl (C=O) groups is 1. The molecule has 0 aliphatic carbocycles. The summed E-state index contributed by atoms with van der Waals surface area (Å²) in [6.07, 6.45) is 81.1. The van der Waals surface area contributed by atoms with Crippen molar-refractivity contribution < 1.29 is 39.8 Å². The van der Waals surface area contributed by atoms with E-state index in [1.807, 2.05) is 6.08 Å². The van der Waals surface area contributed by atoms with Gasteiger partial charge in [0.15, 0.2) is 6.29 Å². The number of nitrogens with one attached hydrogen (secondary N) is 1. The molecule has 76 heavy (non-hydrogen) atoms. The third-order valence-corrected chi connectivity index (χ3v) is 12.2. The van der Waals surface area contributed by atoms with Crippen LogP contribution in [0.5, 0.6) is 0 Å². The zero-order chi connectivity index (χ0) is 55.0. The largest absolute Gasteiger partial charge is 0.394 e. The monoisotopic (exact) mass is 1050 g/mol. The van der Waals surface area contributed by atoms with Crippen molar-refractivity contribution in [1.29, 1.82) is 0 Å². The van der Waals surface area contributed by atoms with Crippen molar-refractivity contribution in [2.45, 2.75) is 217 Å². The second-order valence-corrected chi connectivity index (χ2v) is 19.0. The van der Waals surface area contributed by atoms with Gasteiger partial charge in [0, 0.05) is 6.42 Å². The Morgan fingerprint density at radius 1 is 0.461 bits per heavy atom. The van der Waals surface area contributed by atoms with Gasteiger partial charge in [-0.15, -0.1) is 0 Å². The van der Waals surface area contributed by atoms with Crippen molar-refractivity contribution in [3.63, 3.8) is 0 Å². The van der Waals surface area contributed by atoms with Crippen LogP contribution >= 0.6 is 0 Å². The van der Waals surface area contributed by atoms with Crippen LogP contribution < -0.4 is 5.32 Å². The molecule has 0 aromatic carbocycles. The Labute approximate surface area is 461 Å². The molecule has 1 amide bonds. The summed E-state index contributed by atoms with van der Waals surface area (Å²) in [6, 6.07) is -0.855. The molecule has 1 saturated heterocycles. The number of amides is 1. The van der Waals surface area contributed by atoms with Crippen molar-refractivity contribution in [2.75, 3.05) is 13.2 Å². The SMILES string of the molecule is CC/C=C\C/C=C\C/C=C\C/C=C\C/C=C\C/C=C\C/C=C\C/C=C\C/C=C\C/C=C\C/C=C\C/C=C\CCCCCCC(=O)NC(COC1OC(CO)C(O)C(O)C1O)C(O)/C=C/CC/C=C/CC/C=C/CCCC. The van der Waals surface area contributed by atoms with E-state index in [4.69, 9.17) is 9.47 Å². The van der Waals surface area contributed by atoms with E-state index >= 15 is 0 Å². The molecule has 7 unspecified atom stereocenters. The summed E-state index contributed by atoms with van der Waals surface area (Å²) in [6.45, 7) is 3.54. The van der Waals surface area contributed by atoms with E-state index < -0.39 is 49.5 Å². The highest BCUT2D eigenvalue weighted by atomic mass is 16.7. The van der Waals surface area contributed by atoms with Crippen molar-refractivity contribution in [3.8, 4) is 0 Å². The van der Waals surface area contributed by atoms with Crippen LogP contribution in [0.3, 0.4) is 0 Å². The van der Waals surface area contributed by atoms with Crippen LogP contribution in [0.15, 0.2) is 182 Å². The quantitative estimate of drug-likeness (QED) is 0.0261. The van der Waals surface area contributed by atoms with Crippen LogP contribution in [-0.2, 0) is 14.3 Å². The number of aliphatic hydroxyl groups is 5. The summed E-state index contributed by atoms with van der Waals surface area (Å²) in [5, 5.41) is 54.2. The van der Waals surface area contributed by atoms with E-state index in [1.54, 1.807) is 6.08 Å². The standard InChI is InChI=1S/C67H103NO8/c1-3-5-7-9-11-13-15-17-18-19-20-21-22-23-24-25-26-27-28-29-30-31-32-33-34-35-36-37-38-39-40-41-42-43-44-45-47-49-51-53-55-57-63(71)68-60(59-75-67-66(74)65(73)64(72)62(58-69)76-67)61(70)56-54-52-50-48-46-16-14-12-10-8-6-4-2/h5,7,10-13,17-18,20-21,23-24,26-27,29-30,32-33,35-36,38-39,41-42,44-46,48,54,56,60-62,64-67,69-70,72-74H,3-4,6,8-9,14-16,19,22,25,28,31,34,37,40,43,47,49-53,55,57-59H2,1-2H3,(H,68,71)/b7-5-,12-10+,13-11-,18-17-,21-20-,24-23-,27-26-,30-29-,33-32-,36-35-,39-38-,42-41-,45-44-,48-46+,56-54+. The van der Waals surface area contributed by atoms with Crippen molar-refractivity contribution in [3.05, 3.63) is 182 Å². The Kier molecular flexibility index (Phi) is 48.9. The van der Waals surface area contributed by atoms with Gasteiger partial charge < -0.3 is 40.3 Å². The molecular formula is C67H103NO8. The molecule has 6 N–H and O–H groups in total. The third-order valence-electron chi connectivity index (χ3n) is 12.2. The summed E-state index contributed by atoms with van der Waals surface area (Å²) < 4.78 is 11.2. The first-order valence-corrected chi connectivity index (χ1v) is 29.0. The predicted molar refractivity (Wildman–Crippen MR) is 322 cm³/mol. The number of ether oxygens (including phenoxy) is 2. The first-order valence-electron chi connectivity index (χ1n) is 29.0. The lowest BCUT2D eigenvalue weighted by Crippen LogP contribution is -2.60. The van der Waals surface area contributed by atoms with Gasteiger partial charge in [0.1, 0.15) is 24.4 Å². The molecule has 424 valence electrons. The van der Waals surface area contributed by atoms with Gasteiger partial charge in [-0.2, -0.15) is 0 Å². The molecule has 9 heteroatoms. The van der Waals surface area contributed by atoms with Gasteiger partial charge in [0.2, 0.25) is 5.91 Å². The highest BCUT2D eigenvalue weighted by molar-refractivity contribution is 5.76. The number of hydrogen-bond donors (Lipinski definition) is 6. The zero-order valence-corrected chi connectivity index (χ0v) is 46.9. The summed E-state index contributed by atoms with van der Waals surface area (Å²) in [4.78, 5) is 13.0. The van der Waals surface area contributed by atoms with Crippen molar-refractivity contribution in [1.82, 2.24) is 5.32 Å². The van der Waals surface area contributed by atoms with Gasteiger partial charge in [-0.3, -0.25) is 4.79 Å². The van der Waals surface area contributed by atoms with Crippen LogP contribution in [0.25, 0.3) is 0 Å².